The number of hydrogen-bond acceptors (Lipinski definition) is 4. The number of nitrogens with zero attached hydrogens (tertiary/aromatic N) is 2. The number of rotatable bonds is 6. The molecule has 1 N–H and O–H groups in total. The number of amides is 1. The fraction of sp³-hybridized carbons (Fsp3) is 0.611. The summed E-state index contributed by atoms with van der Waals surface area (Å²) >= 11 is 0. The Labute approximate surface area is 158 Å². The molecule has 2 aliphatic rings. The van der Waals surface area contributed by atoms with Crippen LogP contribution < -0.4 is 5.32 Å². The molecule has 1 aromatic rings. The van der Waals surface area contributed by atoms with Crippen molar-refractivity contribution in [3.05, 3.63) is 30.3 Å². The SMILES string of the molecule is O=C(NC1CCN(CC(F)F)CC1)C1CCCN1S(=O)(=O)c1ccccc1. The van der Waals surface area contributed by atoms with Gasteiger partial charge in [0.15, 0.2) is 0 Å². The molecule has 0 spiro atoms. The van der Waals surface area contributed by atoms with Gasteiger partial charge < -0.3 is 5.32 Å². The van der Waals surface area contributed by atoms with E-state index < -0.39 is 22.5 Å². The summed E-state index contributed by atoms with van der Waals surface area (Å²) in [5.74, 6) is -0.292. The summed E-state index contributed by atoms with van der Waals surface area (Å²) in [4.78, 5) is 14.6. The van der Waals surface area contributed by atoms with E-state index in [9.17, 15) is 22.0 Å². The topological polar surface area (TPSA) is 69.7 Å². The predicted molar refractivity (Wildman–Crippen MR) is 97.0 cm³/mol. The smallest absolute Gasteiger partial charge is 0.251 e. The van der Waals surface area contributed by atoms with Gasteiger partial charge in [0.2, 0.25) is 15.9 Å². The maximum absolute atomic E-state index is 12.9. The summed E-state index contributed by atoms with van der Waals surface area (Å²) in [7, 11) is -3.72. The van der Waals surface area contributed by atoms with Gasteiger partial charge in [-0.15, -0.1) is 0 Å². The fourth-order valence-corrected chi connectivity index (χ4v) is 5.45. The van der Waals surface area contributed by atoms with Crippen molar-refractivity contribution in [3.8, 4) is 0 Å². The molecule has 2 aliphatic heterocycles. The third-order valence-electron chi connectivity index (χ3n) is 5.19. The van der Waals surface area contributed by atoms with Crippen molar-refractivity contribution in [2.24, 2.45) is 0 Å². The minimum absolute atomic E-state index is 0.103. The average Bonchev–Trinajstić information content (AvgIpc) is 3.14. The zero-order chi connectivity index (χ0) is 19.4. The quantitative estimate of drug-likeness (QED) is 0.788. The molecule has 1 amide bonds. The number of alkyl halides is 2. The summed E-state index contributed by atoms with van der Waals surface area (Å²) in [5.41, 5.74) is 0. The Bertz CT molecular complexity index is 737. The number of nitrogens with one attached hydrogen (secondary N) is 1. The van der Waals surface area contributed by atoms with Gasteiger partial charge in [-0.25, -0.2) is 17.2 Å². The highest BCUT2D eigenvalue weighted by Crippen LogP contribution is 2.26. The first-order valence-corrected chi connectivity index (χ1v) is 10.7. The number of halogens is 2. The summed E-state index contributed by atoms with van der Waals surface area (Å²) < 4.78 is 51.9. The van der Waals surface area contributed by atoms with E-state index in [1.165, 1.54) is 16.4 Å². The number of sulfonamides is 1. The van der Waals surface area contributed by atoms with Crippen LogP contribution in [0.15, 0.2) is 35.2 Å². The normalized spacial score (nSPS) is 23.0. The summed E-state index contributed by atoms with van der Waals surface area (Å²) in [6.07, 6.45) is -0.0434. The Kier molecular flexibility index (Phi) is 6.44. The van der Waals surface area contributed by atoms with Gasteiger partial charge in [0, 0.05) is 25.7 Å². The van der Waals surface area contributed by atoms with Gasteiger partial charge in [0.25, 0.3) is 6.43 Å². The summed E-state index contributed by atoms with van der Waals surface area (Å²) in [6.45, 7) is 1.09. The van der Waals surface area contributed by atoms with Gasteiger partial charge in [0.05, 0.1) is 11.4 Å². The predicted octanol–water partition coefficient (Wildman–Crippen LogP) is 1.69. The highest BCUT2D eigenvalue weighted by molar-refractivity contribution is 7.89. The molecule has 0 aliphatic carbocycles. The van der Waals surface area contributed by atoms with E-state index in [2.05, 4.69) is 5.32 Å². The zero-order valence-electron chi connectivity index (χ0n) is 15.1. The fourth-order valence-electron chi connectivity index (χ4n) is 3.77. The molecule has 2 heterocycles. The molecule has 1 unspecified atom stereocenters. The highest BCUT2D eigenvalue weighted by Gasteiger charge is 2.40. The van der Waals surface area contributed by atoms with Gasteiger partial charge in [-0.2, -0.15) is 4.31 Å². The molecule has 0 radical (unpaired) electrons. The summed E-state index contributed by atoms with van der Waals surface area (Å²) in [6, 6.07) is 7.30. The zero-order valence-corrected chi connectivity index (χ0v) is 15.9. The lowest BCUT2D eigenvalue weighted by Gasteiger charge is -2.33. The van der Waals surface area contributed by atoms with Crippen LogP contribution in [0.3, 0.4) is 0 Å². The van der Waals surface area contributed by atoms with Crippen molar-refractivity contribution < 1.29 is 22.0 Å². The second-order valence-electron chi connectivity index (χ2n) is 7.06. The van der Waals surface area contributed by atoms with Crippen LogP contribution in [-0.4, -0.2) is 68.2 Å². The second kappa shape index (κ2) is 8.62. The lowest BCUT2D eigenvalue weighted by molar-refractivity contribution is -0.125. The van der Waals surface area contributed by atoms with Gasteiger partial charge in [-0.05, 0) is 37.8 Å². The van der Waals surface area contributed by atoms with Gasteiger partial charge in [0.1, 0.15) is 6.04 Å². The molecule has 6 nitrogen and oxygen atoms in total. The van der Waals surface area contributed by atoms with Crippen LogP contribution >= 0.6 is 0 Å². The maximum atomic E-state index is 12.9. The molecule has 2 fully saturated rings. The molecule has 3 rings (SSSR count). The lowest BCUT2D eigenvalue weighted by Crippen LogP contribution is -2.51. The van der Waals surface area contributed by atoms with Crippen molar-refractivity contribution >= 4 is 15.9 Å². The molecule has 150 valence electrons. The first-order valence-electron chi connectivity index (χ1n) is 9.25. The van der Waals surface area contributed by atoms with Crippen LogP contribution in [0.4, 0.5) is 8.78 Å². The first kappa shape index (κ1) is 20.2. The van der Waals surface area contributed by atoms with Crippen LogP contribution in [0, 0.1) is 0 Å². The van der Waals surface area contributed by atoms with Crippen molar-refractivity contribution in [1.29, 1.82) is 0 Å². The van der Waals surface area contributed by atoms with Crippen LogP contribution in [0.25, 0.3) is 0 Å². The Morgan fingerprint density at radius 2 is 1.78 bits per heavy atom. The van der Waals surface area contributed by atoms with E-state index in [0.29, 0.717) is 45.3 Å². The van der Waals surface area contributed by atoms with Crippen molar-refractivity contribution in [1.82, 2.24) is 14.5 Å². The second-order valence-corrected chi connectivity index (χ2v) is 8.95. The largest absolute Gasteiger partial charge is 0.352 e. The van der Waals surface area contributed by atoms with E-state index in [4.69, 9.17) is 0 Å². The number of likely N-dealkylation sites (tertiary alicyclic amines) is 1. The number of carbonyl (C=O) groups is 1. The van der Waals surface area contributed by atoms with E-state index in [-0.39, 0.29) is 23.4 Å². The number of piperidine rings is 1. The standard InChI is InChI=1S/C18H25F2N3O3S/c19-17(20)13-22-11-8-14(9-12-22)21-18(24)16-7-4-10-23(16)27(25,26)15-5-2-1-3-6-15/h1-3,5-6,14,16-17H,4,7-13H2,(H,21,24). The van der Waals surface area contributed by atoms with Crippen LogP contribution in [0.2, 0.25) is 0 Å². The van der Waals surface area contributed by atoms with Gasteiger partial charge in [-0.3, -0.25) is 9.69 Å². The monoisotopic (exact) mass is 401 g/mol. The number of benzene rings is 1. The maximum Gasteiger partial charge on any atom is 0.251 e. The Morgan fingerprint density at radius 1 is 1.11 bits per heavy atom. The van der Waals surface area contributed by atoms with E-state index >= 15 is 0 Å². The molecule has 0 bridgehead atoms. The van der Waals surface area contributed by atoms with E-state index in [1.807, 2.05) is 0 Å². The molecule has 0 saturated carbocycles. The Morgan fingerprint density at radius 3 is 2.41 bits per heavy atom. The van der Waals surface area contributed by atoms with Gasteiger partial charge >= 0.3 is 0 Å². The van der Waals surface area contributed by atoms with Crippen molar-refractivity contribution in [2.75, 3.05) is 26.2 Å². The number of hydrogen-bond donors (Lipinski definition) is 1. The molecule has 1 aromatic carbocycles. The minimum atomic E-state index is -3.72. The van der Waals surface area contributed by atoms with Crippen LogP contribution in [0.5, 0.6) is 0 Å². The average molecular weight is 401 g/mol. The van der Waals surface area contributed by atoms with Crippen LogP contribution in [0.1, 0.15) is 25.7 Å². The molecule has 27 heavy (non-hydrogen) atoms. The molecular formula is C18H25F2N3O3S. The molecular weight excluding hydrogens is 376 g/mol. The molecule has 1 atom stereocenters. The minimum Gasteiger partial charge on any atom is -0.352 e. The number of carbonyl (C=O) groups excluding carboxylic acids is 1. The van der Waals surface area contributed by atoms with E-state index in [0.717, 1.165) is 0 Å². The molecule has 2 saturated heterocycles. The first-order chi connectivity index (χ1) is 12.9. The third-order valence-corrected chi connectivity index (χ3v) is 7.11. The Balaban J connectivity index is 1.60. The van der Waals surface area contributed by atoms with Crippen LogP contribution in [-0.2, 0) is 14.8 Å². The van der Waals surface area contributed by atoms with E-state index in [1.54, 1.807) is 23.1 Å². The van der Waals surface area contributed by atoms with Crippen molar-refractivity contribution in [3.63, 3.8) is 0 Å². The van der Waals surface area contributed by atoms with Crippen molar-refractivity contribution in [2.45, 2.75) is 49.1 Å². The van der Waals surface area contributed by atoms with Gasteiger partial charge in [-0.1, -0.05) is 18.2 Å². The third kappa shape index (κ3) is 4.83. The highest BCUT2D eigenvalue weighted by atomic mass is 32.2. The molecule has 9 heteroatoms. The Hall–Kier alpha value is -1.58. The molecule has 0 aromatic heterocycles. The lowest BCUT2D eigenvalue weighted by atomic mass is 10.0. The summed E-state index contributed by atoms with van der Waals surface area (Å²) in [5, 5.41) is 2.93.